The van der Waals surface area contributed by atoms with Gasteiger partial charge in [0.25, 0.3) is 0 Å². The lowest BCUT2D eigenvalue weighted by Crippen LogP contribution is -2.65. The number of hydrogen-bond acceptors (Lipinski definition) is 6. The second-order valence-corrected chi connectivity index (χ2v) is 9.31. The van der Waals surface area contributed by atoms with E-state index < -0.39 is 37.0 Å². The zero-order valence-electron chi connectivity index (χ0n) is 20.9. The van der Waals surface area contributed by atoms with Crippen molar-refractivity contribution in [2.75, 3.05) is 6.61 Å². The van der Waals surface area contributed by atoms with Crippen molar-refractivity contribution in [3.8, 4) is 11.5 Å². The van der Waals surface area contributed by atoms with Gasteiger partial charge >= 0.3 is 0 Å². The Kier molecular flexibility index (Phi) is 7.65. The molecule has 0 spiro atoms. The van der Waals surface area contributed by atoms with E-state index in [2.05, 4.69) is 0 Å². The fourth-order valence-corrected chi connectivity index (χ4v) is 4.78. The van der Waals surface area contributed by atoms with Crippen molar-refractivity contribution < 1.29 is 28.4 Å². The smallest absolute Gasteiger partial charge is 0.199 e. The van der Waals surface area contributed by atoms with E-state index in [1.807, 2.05) is 121 Å². The molecule has 2 aliphatic rings. The molecule has 6 heteroatoms. The fraction of sp³-hybridized carbons (Fsp3) is 0.250. The van der Waals surface area contributed by atoms with Gasteiger partial charge in [-0.2, -0.15) is 0 Å². The van der Waals surface area contributed by atoms with E-state index in [9.17, 15) is 0 Å². The molecule has 0 aliphatic carbocycles. The summed E-state index contributed by atoms with van der Waals surface area (Å²) in [6.45, 7) is 0.700. The van der Waals surface area contributed by atoms with E-state index in [-0.39, 0.29) is 0 Å². The molecule has 0 amide bonds. The molecule has 2 fully saturated rings. The maximum Gasteiger partial charge on any atom is 0.199 e. The third-order valence-electron chi connectivity index (χ3n) is 6.64. The largest absolute Gasteiger partial charge is 0.483 e. The summed E-state index contributed by atoms with van der Waals surface area (Å²) < 4.78 is 38.6. The molecule has 2 heterocycles. The number of para-hydroxylation sites is 2. The molecule has 6 rings (SSSR count). The second-order valence-electron chi connectivity index (χ2n) is 9.31. The molecule has 0 bridgehead atoms. The standard InChI is InChI=1S/C32H30O6/c1-5-13-23(14-6-1)21-33-32-30(36-26-19-11-4-12-20-26)29(35-25-17-9-3-10-18-25)28-27(37-32)22-34-31(38-28)24-15-7-2-8-16-24/h1-20,27-32H,21-22H2/t27?,28-,29?,30?,31?,32+/m1/s1. The lowest BCUT2D eigenvalue weighted by atomic mass is 9.97. The van der Waals surface area contributed by atoms with Crippen LogP contribution in [0.4, 0.5) is 0 Å². The van der Waals surface area contributed by atoms with Crippen molar-refractivity contribution in [1.82, 2.24) is 0 Å². The van der Waals surface area contributed by atoms with E-state index in [4.69, 9.17) is 28.4 Å². The van der Waals surface area contributed by atoms with Crippen molar-refractivity contribution in [2.45, 2.75) is 43.6 Å². The predicted molar refractivity (Wildman–Crippen MR) is 142 cm³/mol. The summed E-state index contributed by atoms with van der Waals surface area (Å²) >= 11 is 0. The van der Waals surface area contributed by atoms with Gasteiger partial charge in [0.1, 0.15) is 23.7 Å². The summed E-state index contributed by atoms with van der Waals surface area (Å²) in [6.07, 6.45) is -3.27. The van der Waals surface area contributed by atoms with Crippen molar-refractivity contribution in [3.05, 3.63) is 132 Å². The Hall–Kier alpha value is -3.68. The lowest BCUT2D eigenvalue weighted by molar-refractivity contribution is -0.356. The molecule has 2 saturated heterocycles. The van der Waals surface area contributed by atoms with Gasteiger partial charge in [0.05, 0.1) is 13.2 Å². The Morgan fingerprint density at radius 1 is 0.605 bits per heavy atom. The van der Waals surface area contributed by atoms with E-state index in [0.717, 1.165) is 11.1 Å². The highest BCUT2D eigenvalue weighted by molar-refractivity contribution is 5.25. The Morgan fingerprint density at radius 2 is 1.16 bits per heavy atom. The van der Waals surface area contributed by atoms with E-state index in [0.29, 0.717) is 24.7 Å². The average molecular weight is 511 g/mol. The minimum Gasteiger partial charge on any atom is -0.483 e. The Labute approximate surface area is 222 Å². The molecule has 6 nitrogen and oxygen atoms in total. The van der Waals surface area contributed by atoms with Crippen LogP contribution in [0.1, 0.15) is 17.4 Å². The lowest BCUT2D eigenvalue weighted by Gasteiger charge is -2.48. The molecule has 4 aromatic rings. The molecule has 4 unspecified atom stereocenters. The van der Waals surface area contributed by atoms with Crippen LogP contribution >= 0.6 is 0 Å². The Morgan fingerprint density at radius 3 is 1.79 bits per heavy atom. The molecule has 0 radical (unpaired) electrons. The minimum absolute atomic E-state index is 0.335. The van der Waals surface area contributed by atoms with Gasteiger partial charge in [0, 0.05) is 5.56 Å². The highest BCUT2D eigenvalue weighted by Gasteiger charge is 2.53. The quantitative estimate of drug-likeness (QED) is 0.293. The van der Waals surface area contributed by atoms with Crippen LogP contribution in [-0.2, 0) is 25.6 Å². The summed E-state index contributed by atoms with van der Waals surface area (Å²) in [5.41, 5.74) is 1.98. The second kappa shape index (κ2) is 11.8. The summed E-state index contributed by atoms with van der Waals surface area (Å²) in [4.78, 5) is 0. The average Bonchev–Trinajstić information content (AvgIpc) is 2.99. The molecule has 38 heavy (non-hydrogen) atoms. The number of rotatable bonds is 8. The first-order chi connectivity index (χ1) is 18.8. The first kappa shape index (κ1) is 24.6. The minimum atomic E-state index is -0.717. The topological polar surface area (TPSA) is 55.4 Å². The summed E-state index contributed by atoms with van der Waals surface area (Å²) in [6, 6.07) is 39.3. The van der Waals surface area contributed by atoms with Crippen LogP contribution in [0.3, 0.4) is 0 Å². The SMILES string of the molecule is c1ccc(CO[C@H]2OC3COC(c4ccccc4)O[C@H]3C(Oc3ccccc3)C2Oc2ccccc2)cc1. The first-order valence-corrected chi connectivity index (χ1v) is 12.9. The highest BCUT2D eigenvalue weighted by atomic mass is 16.8. The molecule has 6 atom stereocenters. The normalized spacial score (nSPS) is 26.7. The van der Waals surface area contributed by atoms with Gasteiger partial charge in [0.15, 0.2) is 24.8 Å². The van der Waals surface area contributed by atoms with Crippen LogP contribution < -0.4 is 9.47 Å². The molecule has 2 aliphatic heterocycles. The van der Waals surface area contributed by atoms with E-state index >= 15 is 0 Å². The van der Waals surface area contributed by atoms with E-state index in [1.165, 1.54) is 0 Å². The number of fused-ring (bicyclic) bond motifs is 1. The van der Waals surface area contributed by atoms with Gasteiger partial charge in [-0.05, 0) is 29.8 Å². The molecule has 0 aromatic heterocycles. The van der Waals surface area contributed by atoms with Crippen LogP contribution in [-0.4, -0.2) is 37.3 Å². The zero-order chi connectivity index (χ0) is 25.6. The summed E-state index contributed by atoms with van der Waals surface area (Å²) in [5, 5.41) is 0. The van der Waals surface area contributed by atoms with Crippen molar-refractivity contribution in [3.63, 3.8) is 0 Å². The van der Waals surface area contributed by atoms with Gasteiger partial charge in [-0.15, -0.1) is 0 Å². The van der Waals surface area contributed by atoms with Crippen LogP contribution in [0.2, 0.25) is 0 Å². The maximum absolute atomic E-state index is 6.61. The van der Waals surface area contributed by atoms with Gasteiger partial charge in [0.2, 0.25) is 0 Å². The number of ether oxygens (including phenoxy) is 6. The Bertz CT molecular complexity index is 1250. The third-order valence-corrected chi connectivity index (χ3v) is 6.64. The third kappa shape index (κ3) is 5.74. The van der Waals surface area contributed by atoms with Gasteiger partial charge in [-0.3, -0.25) is 0 Å². The van der Waals surface area contributed by atoms with E-state index in [1.54, 1.807) is 0 Å². The van der Waals surface area contributed by atoms with Crippen LogP contribution in [0.25, 0.3) is 0 Å². The van der Waals surface area contributed by atoms with Crippen LogP contribution in [0, 0.1) is 0 Å². The van der Waals surface area contributed by atoms with Gasteiger partial charge in [-0.1, -0.05) is 97.1 Å². The molecule has 4 aromatic carbocycles. The highest BCUT2D eigenvalue weighted by Crippen LogP contribution is 2.37. The number of hydrogen-bond donors (Lipinski definition) is 0. The Balaban J connectivity index is 1.32. The zero-order valence-corrected chi connectivity index (χ0v) is 20.9. The molecular formula is C32H30O6. The van der Waals surface area contributed by atoms with Gasteiger partial charge < -0.3 is 28.4 Å². The maximum atomic E-state index is 6.61. The van der Waals surface area contributed by atoms with Crippen molar-refractivity contribution >= 4 is 0 Å². The fourth-order valence-electron chi connectivity index (χ4n) is 4.78. The van der Waals surface area contributed by atoms with Crippen LogP contribution in [0.5, 0.6) is 11.5 Å². The summed E-state index contributed by atoms with van der Waals surface area (Å²) in [7, 11) is 0. The number of benzene rings is 4. The monoisotopic (exact) mass is 510 g/mol. The summed E-state index contributed by atoms with van der Waals surface area (Å²) in [5.74, 6) is 1.41. The van der Waals surface area contributed by atoms with Gasteiger partial charge in [-0.25, -0.2) is 0 Å². The van der Waals surface area contributed by atoms with Crippen molar-refractivity contribution in [1.29, 1.82) is 0 Å². The molecule has 0 saturated carbocycles. The first-order valence-electron chi connectivity index (χ1n) is 12.9. The van der Waals surface area contributed by atoms with Crippen LogP contribution in [0.15, 0.2) is 121 Å². The molecule has 194 valence electrons. The van der Waals surface area contributed by atoms with Crippen molar-refractivity contribution in [2.24, 2.45) is 0 Å². The molecular weight excluding hydrogens is 480 g/mol. The predicted octanol–water partition coefficient (Wildman–Crippen LogP) is 5.94. The molecule has 0 N–H and O–H groups in total.